The van der Waals surface area contributed by atoms with Crippen LogP contribution in [0.1, 0.15) is 65.6 Å². The van der Waals surface area contributed by atoms with Gasteiger partial charge in [0.25, 0.3) is 0 Å². The molecule has 6 nitrogen and oxygen atoms in total. The van der Waals surface area contributed by atoms with Crippen LogP contribution >= 0.6 is 11.8 Å². The van der Waals surface area contributed by atoms with Crippen LogP contribution < -0.4 is 19.5 Å². The smallest absolute Gasteiger partial charge is 0.238 e. The number of amides is 1. The molecular formula is C34H42N2O4S. The van der Waals surface area contributed by atoms with Crippen molar-refractivity contribution >= 4 is 23.4 Å². The highest BCUT2D eigenvalue weighted by Gasteiger charge is 2.36. The lowest BCUT2D eigenvalue weighted by Crippen LogP contribution is -2.33. The highest BCUT2D eigenvalue weighted by molar-refractivity contribution is 7.98. The zero-order chi connectivity index (χ0) is 28.9. The molecule has 218 valence electrons. The van der Waals surface area contributed by atoms with E-state index in [0.717, 1.165) is 60.1 Å². The van der Waals surface area contributed by atoms with Crippen LogP contribution in [-0.2, 0) is 17.6 Å². The van der Waals surface area contributed by atoms with E-state index in [-0.39, 0.29) is 24.7 Å². The third-order valence-electron chi connectivity index (χ3n) is 8.31. The molecule has 41 heavy (non-hydrogen) atoms. The van der Waals surface area contributed by atoms with E-state index in [1.807, 2.05) is 6.07 Å². The van der Waals surface area contributed by atoms with Gasteiger partial charge < -0.3 is 19.5 Å². The Morgan fingerprint density at radius 3 is 2.46 bits per heavy atom. The minimum absolute atomic E-state index is 0.0309. The molecule has 7 heteroatoms. The van der Waals surface area contributed by atoms with Crippen molar-refractivity contribution in [1.82, 2.24) is 4.90 Å². The molecule has 2 aliphatic rings. The van der Waals surface area contributed by atoms with Gasteiger partial charge in [-0.05, 0) is 91.3 Å². The zero-order valence-electron chi connectivity index (χ0n) is 24.9. The summed E-state index contributed by atoms with van der Waals surface area (Å²) < 4.78 is 17.3. The number of nitrogens with one attached hydrogen (secondary N) is 1. The Labute approximate surface area is 248 Å². The van der Waals surface area contributed by atoms with E-state index in [2.05, 4.69) is 86.6 Å². The van der Waals surface area contributed by atoms with Crippen LogP contribution in [0.25, 0.3) is 0 Å². The third kappa shape index (κ3) is 6.52. The first-order valence-electron chi connectivity index (χ1n) is 14.7. The number of rotatable bonds is 11. The highest BCUT2D eigenvalue weighted by Crippen LogP contribution is 2.45. The van der Waals surface area contributed by atoms with Gasteiger partial charge in [-0.1, -0.05) is 49.7 Å². The summed E-state index contributed by atoms with van der Waals surface area (Å²) in [5.74, 6) is 3.81. The molecule has 1 fully saturated rings. The SMILES string of the molecule is CCc1cc(C)cc(CC)c1NC(=O)CN1C[C@H](c2ccc3c(c2C)OCO3)C[C@@H]1c1ccc(OCCSC)cc1. The van der Waals surface area contributed by atoms with Gasteiger partial charge in [-0.3, -0.25) is 9.69 Å². The van der Waals surface area contributed by atoms with Gasteiger partial charge in [-0.2, -0.15) is 11.8 Å². The molecule has 0 aliphatic carbocycles. The number of hydrogen-bond acceptors (Lipinski definition) is 6. The first-order chi connectivity index (χ1) is 19.9. The van der Waals surface area contributed by atoms with E-state index >= 15 is 0 Å². The van der Waals surface area contributed by atoms with Crippen molar-refractivity contribution < 1.29 is 19.0 Å². The summed E-state index contributed by atoms with van der Waals surface area (Å²) in [6.45, 7) is 10.6. The van der Waals surface area contributed by atoms with Gasteiger partial charge in [0, 0.05) is 24.0 Å². The lowest BCUT2D eigenvalue weighted by atomic mass is 9.90. The Bertz CT molecular complexity index is 1350. The second kappa shape index (κ2) is 13.2. The second-order valence-corrected chi connectivity index (χ2v) is 12.0. The topological polar surface area (TPSA) is 60.0 Å². The highest BCUT2D eigenvalue weighted by atomic mass is 32.2. The largest absolute Gasteiger partial charge is 0.493 e. The Kier molecular flexibility index (Phi) is 9.46. The van der Waals surface area contributed by atoms with Crippen LogP contribution in [-0.4, -0.2) is 49.3 Å². The number of thioether (sulfide) groups is 1. The molecule has 5 rings (SSSR count). The molecule has 3 aromatic rings. The summed E-state index contributed by atoms with van der Waals surface area (Å²) in [7, 11) is 0. The van der Waals surface area contributed by atoms with Crippen molar-refractivity contribution in [3.63, 3.8) is 0 Å². The number of carbonyl (C=O) groups excluding carboxylic acids is 1. The average Bonchev–Trinajstić information content (AvgIpc) is 3.62. The summed E-state index contributed by atoms with van der Waals surface area (Å²) in [4.78, 5) is 16.0. The number of ether oxygens (including phenoxy) is 3. The van der Waals surface area contributed by atoms with Gasteiger partial charge in [0.15, 0.2) is 11.5 Å². The summed E-state index contributed by atoms with van der Waals surface area (Å²) in [5, 5.41) is 3.31. The number of fused-ring (bicyclic) bond motifs is 1. The quantitative estimate of drug-likeness (QED) is 0.247. The van der Waals surface area contributed by atoms with Crippen LogP contribution in [0.3, 0.4) is 0 Å². The molecule has 1 amide bonds. The van der Waals surface area contributed by atoms with E-state index in [9.17, 15) is 4.79 Å². The third-order valence-corrected chi connectivity index (χ3v) is 8.89. The Morgan fingerprint density at radius 1 is 1.05 bits per heavy atom. The van der Waals surface area contributed by atoms with Crippen LogP contribution in [0.15, 0.2) is 48.5 Å². The molecule has 1 saturated heterocycles. The number of hydrogen-bond donors (Lipinski definition) is 1. The maximum absolute atomic E-state index is 13.6. The van der Waals surface area contributed by atoms with E-state index in [0.29, 0.717) is 13.2 Å². The monoisotopic (exact) mass is 574 g/mol. The molecule has 2 aliphatic heterocycles. The van der Waals surface area contributed by atoms with Crippen LogP contribution in [0.5, 0.6) is 17.2 Å². The number of carbonyl (C=O) groups is 1. The van der Waals surface area contributed by atoms with Gasteiger partial charge in [0.05, 0.1) is 13.2 Å². The molecule has 0 unspecified atom stereocenters. The summed E-state index contributed by atoms with van der Waals surface area (Å²) in [6.07, 6.45) is 4.77. The van der Waals surface area contributed by atoms with Crippen molar-refractivity contribution in [3.05, 3.63) is 81.9 Å². The van der Waals surface area contributed by atoms with Gasteiger partial charge in [0.2, 0.25) is 12.7 Å². The number of benzene rings is 3. The van der Waals surface area contributed by atoms with Crippen molar-refractivity contribution in [1.29, 1.82) is 0 Å². The lowest BCUT2D eigenvalue weighted by Gasteiger charge is -2.25. The number of aryl methyl sites for hydroxylation is 3. The van der Waals surface area contributed by atoms with E-state index in [4.69, 9.17) is 14.2 Å². The van der Waals surface area contributed by atoms with E-state index < -0.39 is 0 Å². The van der Waals surface area contributed by atoms with E-state index in [1.54, 1.807) is 11.8 Å². The number of anilines is 1. The first-order valence-corrected chi connectivity index (χ1v) is 16.1. The van der Waals surface area contributed by atoms with E-state index in [1.165, 1.54) is 27.8 Å². The Balaban J connectivity index is 1.39. The maximum Gasteiger partial charge on any atom is 0.238 e. The van der Waals surface area contributed by atoms with Crippen LogP contribution in [0.4, 0.5) is 5.69 Å². The fourth-order valence-corrected chi connectivity index (χ4v) is 6.52. The molecule has 3 aromatic carbocycles. The molecule has 2 atom stereocenters. The first kappa shape index (κ1) is 29.3. The minimum Gasteiger partial charge on any atom is -0.493 e. The van der Waals surface area contributed by atoms with Gasteiger partial charge in [0.1, 0.15) is 5.75 Å². The molecule has 1 N–H and O–H groups in total. The molecule has 0 saturated carbocycles. The number of likely N-dealkylation sites (tertiary alicyclic amines) is 1. The van der Waals surface area contributed by atoms with Crippen molar-refractivity contribution in [2.45, 2.75) is 58.9 Å². The van der Waals surface area contributed by atoms with Crippen LogP contribution in [0.2, 0.25) is 0 Å². The van der Waals surface area contributed by atoms with Crippen molar-refractivity contribution in [2.75, 3.05) is 43.8 Å². The van der Waals surface area contributed by atoms with Crippen LogP contribution in [0, 0.1) is 13.8 Å². The molecule has 0 spiro atoms. The van der Waals surface area contributed by atoms with Crippen molar-refractivity contribution in [3.8, 4) is 17.2 Å². The Hall–Kier alpha value is -3.16. The molecule has 0 radical (unpaired) electrons. The summed E-state index contributed by atoms with van der Waals surface area (Å²) in [5.41, 5.74) is 8.20. The second-order valence-electron chi connectivity index (χ2n) is 11.0. The lowest BCUT2D eigenvalue weighted by molar-refractivity contribution is -0.117. The number of nitrogens with zero attached hydrogens (tertiary/aromatic N) is 1. The standard InChI is InChI=1S/C34H42N2O4S/c1-6-24-16-22(3)17-25(7-2)33(24)35-32(37)20-36-19-27(29-12-13-31-34(23(29)4)40-21-39-31)18-30(36)26-8-10-28(11-9-26)38-14-15-41-5/h8-13,16-17,27,30H,6-7,14-15,18-21H2,1-5H3,(H,35,37)/t27-,30-/m1/s1. The predicted molar refractivity (Wildman–Crippen MR) is 168 cm³/mol. The normalized spacial score (nSPS) is 18.1. The predicted octanol–water partition coefficient (Wildman–Crippen LogP) is 7.07. The summed E-state index contributed by atoms with van der Waals surface area (Å²) in [6, 6.07) is 17.1. The minimum atomic E-state index is 0.0309. The van der Waals surface area contributed by atoms with Gasteiger partial charge >= 0.3 is 0 Å². The van der Waals surface area contributed by atoms with Crippen molar-refractivity contribution in [2.24, 2.45) is 0 Å². The molecule has 2 heterocycles. The van der Waals surface area contributed by atoms with Gasteiger partial charge in [-0.15, -0.1) is 0 Å². The Morgan fingerprint density at radius 2 is 1.78 bits per heavy atom. The fraction of sp³-hybridized carbons (Fsp3) is 0.441. The van der Waals surface area contributed by atoms with Gasteiger partial charge in [-0.25, -0.2) is 0 Å². The molecule has 0 bridgehead atoms. The molecule has 0 aromatic heterocycles. The fourth-order valence-electron chi connectivity index (χ4n) is 6.27. The molecular weight excluding hydrogens is 532 g/mol. The maximum atomic E-state index is 13.6. The zero-order valence-corrected chi connectivity index (χ0v) is 25.7. The average molecular weight is 575 g/mol. The summed E-state index contributed by atoms with van der Waals surface area (Å²) >= 11 is 1.78.